The fourth-order valence-corrected chi connectivity index (χ4v) is 10.0. The van der Waals surface area contributed by atoms with Crippen LogP contribution in [0.4, 0.5) is 11.9 Å². The van der Waals surface area contributed by atoms with E-state index in [0.29, 0.717) is 0 Å². The number of phosphoric ester groups is 3. The number of rotatable bonds is 15. The fourth-order valence-electron chi connectivity index (χ4n) is 5.98. The van der Waals surface area contributed by atoms with Crippen molar-refractivity contribution in [3.63, 3.8) is 0 Å². The number of hydrogen-bond acceptors (Lipinski definition) is 22. The van der Waals surface area contributed by atoms with Crippen LogP contribution in [-0.2, 0) is 61.7 Å². The van der Waals surface area contributed by atoms with Crippen molar-refractivity contribution in [2.75, 3.05) is 31.8 Å². The van der Waals surface area contributed by atoms with Crippen LogP contribution in [0, 0.1) is 0 Å². The lowest BCUT2D eigenvalue weighted by molar-refractivity contribution is -0.745. The molecule has 0 aliphatic carbocycles. The summed E-state index contributed by atoms with van der Waals surface area (Å²) in [6, 6.07) is 0. The number of aliphatic hydroxyl groups is 2. The molecule has 2 saturated heterocycles. The highest BCUT2D eigenvalue weighted by Gasteiger charge is 2.51. The first-order valence-electron chi connectivity index (χ1n) is 15.5. The molecule has 0 bridgehead atoms. The second-order valence-corrected chi connectivity index (χ2v) is 17.8. The van der Waals surface area contributed by atoms with Gasteiger partial charge in [0.05, 0.1) is 26.6 Å². The molecule has 0 radical (unpaired) electrons. The Hall–Kier alpha value is -3.38. The summed E-state index contributed by atoms with van der Waals surface area (Å²) in [5.41, 5.74) is 9.14. The van der Waals surface area contributed by atoms with Gasteiger partial charge in [-0.1, -0.05) is 4.98 Å². The van der Waals surface area contributed by atoms with Crippen LogP contribution in [-0.4, -0.2) is 121 Å². The van der Waals surface area contributed by atoms with E-state index in [0.717, 1.165) is 18.0 Å². The van der Waals surface area contributed by atoms with Crippen molar-refractivity contribution in [2.24, 2.45) is 7.05 Å². The molecule has 57 heavy (non-hydrogen) atoms. The minimum atomic E-state index is -6.17. The van der Waals surface area contributed by atoms with Crippen LogP contribution in [0.5, 0.6) is 0 Å². The standard InChI is InChI=1S/C22H32N10O21P4/c1-30-6-32(16-10(30)18(36)29-22(24)27-16)20-11(33)13(46-2)7(49-20)3-47-55(40,41)52-57(44,45)53-56(42,43)48-4-8-14(51-54(37,38)39)12(34)19(50-8)31-5-25-9-15(31)26-21(23)28-17(9)35/h5-8,11-14,19-20,33-34H,3-4H2,1-2H3,(H10-,23,24,26,27,28,29,35,36,37,38,39,40,41,42,43,44,45)/t7-,8-,11-,12-,13-,14-,19-,20-/m1/s1. The summed E-state index contributed by atoms with van der Waals surface area (Å²) in [5.74, 6) is -0.674. The van der Waals surface area contributed by atoms with Gasteiger partial charge in [0.25, 0.3) is 24.9 Å². The number of methoxy groups -OCH3 is 1. The monoisotopic (exact) mass is 896 g/mol. The molecule has 2 aliphatic heterocycles. The average Bonchev–Trinajstić information content (AvgIpc) is 3.80. The lowest BCUT2D eigenvalue weighted by Gasteiger charge is -2.27. The first-order valence-corrected chi connectivity index (χ1v) is 21.5. The van der Waals surface area contributed by atoms with E-state index < -0.39 is 111 Å². The summed E-state index contributed by atoms with van der Waals surface area (Å²) in [6.45, 7) is -2.37. The maximum Gasteiger partial charge on any atom is 0.487 e. The Morgan fingerprint density at radius 1 is 0.912 bits per heavy atom. The predicted molar refractivity (Wildman–Crippen MR) is 177 cm³/mol. The summed E-state index contributed by atoms with van der Waals surface area (Å²) in [6.07, 6.45) is -11.3. The number of anilines is 2. The van der Waals surface area contributed by atoms with Crippen molar-refractivity contribution in [2.45, 2.75) is 49.1 Å². The molecule has 4 aromatic heterocycles. The fraction of sp³-hybridized carbons (Fsp3) is 0.545. The van der Waals surface area contributed by atoms with Crippen molar-refractivity contribution in [3.05, 3.63) is 33.4 Å². The molecular formula is C22H32N10O21P4. The smallest absolute Gasteiger partial charge is 0.487 e. The number of fused-ring (bicyclic) bond motifs is 2. The highest BCUT2D eigenvalue weighted by molar-refractivity contribution is 7.66. The molecule has 0 amide bonds. The predicted octanol–water partition coefficient (Wildman–Crippen LogP) is -4.41. The molecule has 12 N–H and O–H groups in total. The molecule has 4 aromatic rings. The molecule has 35 heteroatoms. The zero-order chi connectivity index (χ0) is 42.0. The third-order valence-corrected chi connectivity index (χ3v) is 12.9. The lowest BCUT2D eigenvalue weighted by atomic mass is 10.1. The van der Waals surface area contributed by atoms with Gasteiger partial charge in [-0.2, -0.15) is 9.29 Å². The zero-order valence-electron chi connectivity index (χ0n) is 28.6. The Morgan fingerprint density at radius 2 is 1.54 bits per heavy atom. The van der Waals surface area contributed by atoms with E-state index in [1.807, 2.05) is 0 Å². The summed E-state index contributed by atoms with van der Waals surface area (Å²) in [4.78, 5) is 92.4. The van der Waals surface area contributed by atoms with Crippen LogP contribution in [0.2, 0.25) is 0 Å². The topological polar surface area (TPSA) is 457 Å². The van der Waals surface area contributed by atoms with Gasteiger partial charge in [0.1, 0.15) is 36.6 Å². The van der Waals surface area contributed by atoms with E-state index in [2.05, 4.69) is 47.1 Å². The van der Waals surface area contributed by atoms with Crippen LogP contribution >= 0.6 is 31.3 Å². The number of nitrogen functional groups attached to an aromatic ring is 2. The quantitative estimate of drug-likeness (QED) is 0.0398. The van der Waals surface area contributed by atoms with Crippen molar-refractivity contribution in [1.29, 1.82) is 0 Å². The molecule has 0 spiro atoms. The second kappa shape index (κ2) is 15.7. The molecule has 0 saturated carbocycles. The largest absolute Gasteiger partial charge is 0.756 e. The van der Waals surface area contributed by atoms with E-state index >= 15 is 0 Å². The Kier molecular flexibility index (Phi) is 11.9. The van der Waals surface area contributed by atoms with E-state index in [1.165, 1.54) is 22.5 Å². The number of nitrogens with one attached hydrogen (secondary N) is 2. The van der Waals surface area contributed by atoms with Gasteiger partial charge in [-0.25, -0.2) is 27.6 Å². The summed E-state index contributed by atoms with van der Waals surface area (Å²) < 4.78 is 91.1. The van der Waals surface area contributed by atoms with Crippen molar-refractivity contribution >= 4 is 65.5 Å². The Morgan fingerprint density at radius 3 is 2.21 bits per heavy atom. The second-order valence-electron chi connectivity index (χ2n) is 12.0. The van der Waals surface area contributed by atoms with Gasteiger partial charge >= 0.3 is 29.1 Å². The zero-order valence-corrected chi connectivity index (χ0v) is 32.2. The highest BCUT2D eigenvalue weighted by atomic mass is 31.3. The number of nitrogens with two attached hydrogens (primary N) is 2. The normalized spacial score (nSPS) is 28.8. The number of aliphatic hydroxyl groups excluding tert-OH is 2. The molecule has 6 heterocycles. The van der Waals surface area contributed by atoms with Crippen molar-refractivity contribution < 1.29 is 93.9 Å². The van der Waals surface area contributed by atoms with Gasteiger partial charge in [0.2, 0.25) is 17.7 Å². The van der Waals surface area contributed by atoms with E-state index in [9.17, 15) is 62.5 Å². The van der Waals surface area contributed by atoms with Crippen LogP contribution in [0.15, 0.2) is 22.2 Å². The Bertz CT molecular complexity index is 2490. The van der Waals surface area contributed by atoms with Gasteiger partial charge in [-0.15, -0.1) is 0 Å². The van der Waals surface area contributed by atoms with Gasteiger partial charge in [0, 0.05) is 7.11 Å². The number of aromatic nitrogens is 8. The minimum Gasteiger partial charge on any atom is -0.756 e. The van der Waals surface area contributed by atoms with Gasteiger partial charge in [0.15, 0.2) is 23.7 Å². The summed E-state index contributed by atoms with van der Waals surface area (Å²) in [7, 11) is -20.9. The number of phosphoric acid groups is 4. The van der Waals surface area contributed by atoms with E-state index in [4.69, 9.17) is 25.7 Å². The van der Waals surface area contributed by atoms with Crippen LogP contribution in [0.25, 0.3) is 22.3 Å². The number of aromatic amines is 2. The third-order valence-electron chi connectivity index (χ3n) is 8.15. The minimum absolute atomic E-state index is 0.0207. The number of hydrogen-bond donors (Lipinski definition) is 10. The number of ether oxygens (including phenoxy) is 3. The Balaban J connectivity index is 1.10. The van der Waals surface area contributed by atoms with Crippen LogP contribution in [0.1, 0.15) is 12.5 Å². The molecule has 3 unspecified atom stereocenters. The summed E-state index contributed by atoms with van der Waals surface area (Å²) >= 11 is 0. The van der Waals surface area contributed by atoms with E-state index in [1.54, 1.807) is 0 Å². The van der Waals surface area contributed by atoms with E-state index in [-0.39, 0.29) is 28.3 Å². The number of aryl methyl sites for hydroxylation is 1. The highest BCUT2D eigenvalue weighted by Crippen LogP contribution is 2.66. The molecule has 31 nitrogen and oxygen atoms in total. The molecule has 11 atom stereocenters. The number of imidazole rings is 2. The molecule has 2 aliphatic rings. The number of nitrogens with zero attached hydrogens (tertiary/aromatic N) is 6. The summed E-state index contributed by atoms with van der Waals surface area (Å²) in [5, 5.41) is 21.8. The number of H-pyrrole nitrogens is 2. The van der Waals surface area contributed by atoms with Gasteiger partial charge < -0.3 is 64.9 Å². The first kappa shape index (κ1) is 43.2. The molecule has 2 fully saturated rings. The van der Waals surface area contributed by atoms with Crippen LogP contribution < -0.4 is 32.0 Å². The molecule has 316 valence electrons. The molecular weight excluding hydrogens is 864 g/mol. The SMILES string of the molecule is CO[C@H]1[C@@H](O)[C@H]([n+]2cn(C)c3c(=O)[nH]c(N)nc32)O[C@@H]1COP(=O)([O-])OP(=O)(O)OP(=O)(O)OC[C@H]1O[C@@H](n2cnc3c(=O)[nH]c(N)nc32)[C@H](O)[C@@H]1OP(=O)(O)O. The average molecular weight is 896 g/mol. The maximum absolute atomic E-state index is 12.7. The van der Waals surface area contributed by atoms with Gasteiger partial charge in [-0.05, 0) is 0 Å². The maximum atomic E-state index is 12.7. The van der Waals surface area contributed by atoms with Crippen molar-refractivity contribution in [1.82, 2.24) is 34.1 Å². The molecule has 0 aromatic carbocycles. The van der Waals surface area contributed by atoms with Gasteiger partial charge in [-0.3, -0.25) is 42.3 Å². The first-order chi connectivity index (χ1) is 26.4. The molecule has 6 rings (SSSR count). The third kappa shape index (κ3) is 9.27. The Labute approximate surface area is 314 Å². The van der Waals surface area contributed by atoms with Crippen LogP contribution in [0.3, 0.4) is 0 Å². The lowest BCUT2D eigenvalue weighted by Crippen LogP contribution is -2.46. The van der Waals surface area contributed by atoms with Crippen molar-refractivity contribution in [3.8, 4) is 0 Å².